The average Bonchev–Trinajstić information content (AvgIpc) is 3.03. The second-order valence-electron chi connectivity index (χ2n) is 5.21. The summed E-state index contributed by atoms with van der Waals surface area (Å²) in [5.41, 5.74) is 0.830. The van der Waals surface area contributed by atoms with E-state index >= 15 is 0 Å². The van der Waals surface area contributed by atoms with E-state index in [1.54, 1.807) is 11.4 Å². The fourth-order valence-corrected chi connectivity index (χ4v) is 2.82. The number of benzene rings is 1. The van der Waals surface area contributed by atoms with Crippen LogP contribution in [0.1, 0.15) is 21.7 Å². The molecule has 0 radical (unpaired) electrons. The number of halogens is 2. The number of aryl methyl sites for hydroxylation is 1. The van der Waals surface area contributed by atoms with Crippen molar-refractivity contribution in [3.8, 4) is 0 Å². The van der Waals surface area contributed by atoms with Gasteiger partial charge >= 0.3 is 0 Å². The maximum Gasteiger partial charge on any atom is 0.271 e. The van der Waals surface area contributed by atoms with E-state index in [9.17, 15) is 13.6 Å². The molecular formula is C17H14F2N4OS. The van der Waals surface area contributed by atoms with Crippen molar-refractivity contribution in [1.82, 2.24) is 15.3 Å². The van der Waals surface area contributed by atoms with Crippen molar-refractivity contribution >= 4 is 28.2 Å². The number of thiazole rings is 1. The van der Waals surface area contributed by atoms with E-state index < -0.39 is 17.5 Å². The molecule has 2 heterocycles. The Morgan fingerprint density at radius 1 is 1.12 bits per heavy atom. The van der Waals surface area contributed by atoms with Crippen molar-refractivity contribution in [2.75, 3.05) is 5.32 Å². The lowest BCUT2D eigenvalue weighted by atomic mass is 10.2. The smallest absolute Gasteiger partial charge is 0.271 e. The Balaban J connectivity index is 1.64. The Morgan fingerprint density at radius 3 is 2.56 bits per heavy atom. The van der Waals surface area contributed by atoms with Gasteiger partial charge in [-0.05, 0) is 31.2 Å². The zero-order valence-corrected chi connectivity index (χ0v) is 14.0. The number of amides is 1. The van der Waals surface area contributed by atoms with E-state index in [1.807, 2.05) is 19.1 Å². The van der Waals surface area contributed by atoms with E-state index in [1.165, 1.54) is 17.4 Å². The average molecular weight is 360 g/mol. The summed E-state index contributed by atoms with van der Waals surface area (Å²) in [4.78, 5) is 20.6. The summed E-state index contributed by atoms with van der Waals surface area (Å²) < 4.78 is 27.1. The summed E-state index contributed by atoms with van der Waals surface area (Å²) in [6.45, 7) is 1.62. The molecule has 0 aliphatic heterocycles. The number of carbonyl (C=O) groups excluding carboxylic acids is 1. The van der Waals surface area contributed by atoms with Gasteiger partial charge in [0.15, 0.2) is 5.13 Å². The van der Waals surface area contributed by atoms with Gasteiger partial charge in [-0.2, -0.15) is 0 Å². The highest BCUT2D eigenvalue weighted by Crippen LogP contribution is 2.20. The van der Waals surface area contributed by atoms with Gasteiger partial charge in [-0.3, -0.25) is 4.79 Å². The second kappa shape index (κ2) is 7.35. The molecule has 128 valence electrons. The molecule has 5 nitrogen and oxygen atoms in total. The van der Waals surface area contributed by atoms with Crippen LogP contribution in [0, 0.1) is 18.6 Å². The van der Waals surface area contributed by atoms with Crippen LogP contribution in [0.25, 0.3) is 0 Å². The summed E-state index contributed by atoms with van der Waals surface area (Å²) in [5.74, 6) is -1.29. The highest BCUT2D eigenvalue weighted by atomic mass is 32.1. The summed E-state index contributed by atoms with van der Waals surface area (Å²) in [6.07, 6.45) is 0. The lowest BCUT2D eigenvalue weighted by Gasteiger charge is -2.06. The van der Waals surface area contributed by atoms with Crippen LogP contribution in [0.15, 0.2) is 41.8 Å². The van der Waals surface area contributed by atoms with Gasteiger partial charge in [-0.1, -0.05) is 12.1 Å². The first-order chi connectivity index (χ1) is 12.0. The van der Waals surface area contributed by atoms with E-state index in [0.717, 1.165) is 17.8 Å². The van der Waals surface area contributed by atoms with Crippen LogP contribution in [0.5, 0.6) is 0 Å². The molecule has 0 spiro atoms. The molecular weight excluding hydrogens is 346 g/mol. The number of nitrogens with zero attached hydrogens (tertiary/aromatic N) is 2. The number of hydrogen-bond donors (Lipinski definition) is 2. The lowest BCUT2D eigenvalue weighted by Crippen LogP contribution is -2.24. The monoisotopic (exact) mass is 360 g/mol. The van der Waals surface area contributed by atoms with Gasteiger partial charge in [0, 0.05) is 23.2 Å². The molecule has 0 atom stereocenters. The fraction of sp³-hybridized carbons (Fsp3) is 0.118. The zero-order valence-electron chi connectivity index (χ0n) is 13.2. The minimum absolute atomic E-state index is 0.164. The quantitative estimate of drug-likeness (QED) is 0.726. The van der Waals surface area contributed by atoms with Crippen molar-refractivity contribution < 1.29 is 13.6 Å². The third-order valence-corrected chi connectivity index (χ3v) is 4.11. The zero-order chi connectivity index (χ0) is 17.8. The van der Waals surface area contributed by atoms with Crippen molar-refractivity contribution in [1.29, 1.82) is 0 Å². The predicted molar refractivity (Wildman–Crippen MR) is 91.9 cm³/mol. The molecule has 0 saturated heterocycles. The van der Waals surface area contributed by atoms with Crippen molar-refractivity contribution in [2.45, 2.75) is 13.5 Å². The molecule has 0 aliphatic carbocycles. The van der Waals surface area contributed by atoms with E-state index in [0.29, 0.717) is 10.9 Å². The third kappa shape index (κ3) is 4.16. The Bertz CT molecular complexity index is 893. The summed E-state index contributed by atoms with van der Waals surface area (Å²) in [7, 11) is 0. The Hall–Kier alpha value is -2.87. The van der Waals surface area contributed by atoms with Crippen LogP contribution < -0.4 is 10.6 Å². The molecule has 0 fully saturated rings. The highest BCUT2D eigenvalue weighted by molar-refractivity contribution is 7.14. The van der Waals surface area contributed by atoms with Gasteiger partial charge in [-0.25, -0.2) is 18.7 Å². The number of rotatable bonds is 5. The minimum atomic E-state index is -0.702. The van der Waals surface area contributed by atoms with E-state index in [2.05, 4.69) is 20.6 Å². The minimum Gasteiger partial charge on any atom is -0.346 e. The van der Waals surface area contributed by atoms with Gasteiger partial charge in [-0.15, -0.1) is 11.3 Å². The van der Waals surface area contributed by atoms with Crippen molar-refractivity contribution in [3.05, 3.63) is 70.4 Å². The molecule has 25 heavy (non-hydrogen) atoms. The summed E-state index contributed by atoms with van der Waals surface area (Å²) in [6, 6.07) is 9.07. The standard InChI is InChI=1S/C17H14F2N4OS/c1-10-4-2-7-15(21-10)23-17-22-14(9-25-17)16(24)20-8-11-12(18)5-3-6-13(11)19/h2-7,9H,8H2,1H3,(H,20,24)(H,21,22,23). The van der Waals surface area contributed by atoms with Crippen molar-refractivity contribution in [2.24, 2.45) is 0 Å². The molecule has 3 rings (SSSR count). The number of carbonyl (C=O) groups is 1. The van der Waals surface area contributed by atoms with Crippen LogP contribution in [-0.4, -0.2) is 15.9 Å². The number of aromatic nitrogens is 2. The Morgan fingerprint density at radius 2 is 1.84 bits per heavy atom. The maximum absolute atomic E-state index is 13.6. The van der Waals surface area contributed by atoms with Gasteiger partial charge in [0.2, 0.25) is 0 Å². The fourth-order valence-electron chi connectivity index (χ4n) is 2.12. The SMILES string of the molecule is Cc1cccc(Nc2nc(C(=O)NCc3c(F)cccc3F)cs2)n1. The van der Waals surface area contributed by atoms with Crippen LogP contribution in [0.2, 0.25) is 0 Å². The largest absolute Gasteiger partial charge is 0.346 e. The molecule has 1 amide bonds. The topological polar surface area (TPSA) is 66.9 Å². The first-order valence-corrected chi connectivity index (χ1v) is 8.28. The van der Waals surface area contributed by atoms with Crippen LogP contribution >= 0.6 is 11.3 Å². The molecule has 2 aromatic heterocycles. The predicted octanol–water partition coefficient (Wildman–Crippen LogP) is 3.80. The van der Waals surface area contributed by atoms with Gasteiger partial charge < -0.3 is 10.6 Å². The van der Waals surface area contributed by atoms with Crippen LogP contribution in [-0.2, 0) is 6.54 Å². The first-order valence-electron chi connectivity index (χ1n) is 7.40. The van der Waals surface area contributed by atoms with Gasteiger partial charge in [0.05, 0.1) is 0 Å². The van der Waals surface area contributed by atoms with Crippen LogP contribution in [0.4, 0.5) is 19.7 Å². The molecule has 0 aliphatic rings. The normalized spacial score (nSPS) is 10.5. The van der Waals surface area contributed by atoms with Gasteiger partial charge in [0.1, 0.15) is 23.1 Å². The molecule has 3 aromatic rings. The third-order valence-electron chi connectivity index (χ3n) is 3.35. The maximum atomic E-state index is 13.6. The molecule has 0 saturated carbocycles. The number of hydrogen-bond acceptors (Lipinski definition) is 5. The molecule has 1 aromatic carbocycles. The van der Waals surface area contributed by atoms with Crippen molar-refractivity contribution in [3.63, 3.8) is 0 Å². The molecule has 0 unspecified atom stereocenters. The Kier molecular flexibility index (Phi) is 4.99. The van der Waals surface area contributed by atoms with E-state index in [4.69, 9.17) is 0 Å². The van der Waals surface area contributed by atoms with E-state index in [-0.39, 0.29) is 17.8 Å². The number of nitrogens with one attached hydrogen (secondary N) is 2. The molecule has 2 N–H and O–H groups in total. The molecule has 0 bridgehead atoms. The Labute approximate surface area is 146 Å². The lowest BCUT2D eigenvalue weighted by molar-refractivity contribution is 0.0946. The van der Waals surface area contributed by atoms with Crippen LogP contribution in [0.3, 0.4) is 0 Å². The number of pyridine rings is 1. The first kappa shape index (κ1) is 17.0. The summed E-state index contributed by atoms with van der Waals surface area (Å²) >= 11 is 1.24. The second-order valence-corrected chi connectivity index (χ2v) is 6.07. The highest BCUT2D eigenvalue weighted by Gasteiger charge is 2.14. The number of anilines is 2. The summed E-state index contributed by atoms with van der Waals surface area (Å²) in [5, 5.41) is 7.53. The van der Waals surface area contributed by atoms with Gasteiger partial charge in [0.25, 0.3) is 5.91 Å². The molecule has 8 heteroatoms.